The molecule has 0 aliphatic carbocycles. The average Bonchev–Trinajstić information content (AvgIpc) is 2.45. The zero-order chi connectivity index (χ0) is 15.4. The van der Waals surface area contributed by atoms with Gasteiger partial charge < -0.3 is 20.8 Å². The number of aromatic hydroxyl groups is 1. The summed E-state index contributed by atoms with van der Waals surface area (Å²) >= 11 is 3.22. The summed E-state index contributed by atoms with van der Waals surface area (Å²) in [5, 5.41) is 19.1. The number of rotatable bonds is 4. The van der Waals surface area contributed by atoms with E-state index in [4.69, 9.17) is 5.73 Å². The lowest BCUT2D eigenvalue weighted by Gasteiger charge is -2.23. The molecule has 2 aromatic carbocycles. The standard InChI is InChI=1S/C15H15BrN2O3/c16-10-5-6-11(14(20)9-10)15(21)18(7-8-19)13-4-2-1-3-12(13)17/h1-6,9,19-20H,7-8,17H2. The van der Waals surface area contributed by atoms with Gasteiger partial charge in [-0.3, -0.25) is 4.79 Å². The number of aliphatic hydroxyl groups is 1. The molecule has 0 heterocycles. The Kier molecular flexibility index (Phi) is 4.82. The maximum Gasteiger partial charge on any atom is 0.262 e. The van der Waals surface area contributed by atoms with E-state index in [0.717, 1.165) is 0 Å². The number of aliphatic hydroxyl groups excluding tert-OH is 1. The van der Waals surface area contributed by atoms with E-state index in [1.165, 1.54) is 17.0 Å². The topological polar surface area (TPSA) is 86.8 Å². The summed E-state index contributed by atoms with van der Waals surface area (Å²) in [6.07, 6.45) is 0. The Morgan fingerprint density at radius 3 is 2.57 bits per heavy atom. The number of hydrogen-bond donors (Lipinski definition) is 3. The van der Waals surface area contributed by atoms with Gasteiger partial charge in [0.1, 0.15) is 5.75 Å². The molecular formula is C15H15BrN2O3. The number of hydrogen-bond acceptors (Lipinski definition) is 4. The molecule has 2 aromatic rings. The molecule has 0 aliphatic heterocycles. The average molecular weight is 351 g/mol. The first-order chi connectivity index (χ1) is 10.0. The maximum atomic E-state index is 12.6. The minimum absolute atomic E-state index is 0.0859. The summed E-state index contributed by atoms with van der Waals surface area (Å²) in [6.45, 7) is -0.125. The lowest BCUT2D eigenvalue weighted by Crippen LogP contribution is -2.34. The molecule has 0 saturated carbocycles. The summed E-state index contributed by atoms with van der Waals surface area (Å²) in [4.78, 5) is 13.9. The van der Waals surface area contributed by atoms with Crippen LogP contribution in [0.15, 0.2) is 46.9 Å². The fourth-order valence-corrected chi connectivity index (χ4v) is 2.34. The van der Waals surface area contributed by atoms with Crippen LogP contribution in [0.5, 0.6) is 5.75 Å². The van der Waals surface area contributed by atoms with Crippen molar-refractivity contribution in [1.82, 2.24) is 0 Å². The molecule has 5 nitrogen and oxygen atoms in total. The molecule has 0 unspecified atom stereocenters. The molecular weight excluding hydrogens is 336 g/mol. The van der Waals surface area contributed by atoms with E-state index in [1.54, 1.807) is 30.3 Å². The summed E-state index contributed by atoms with van der Waals surface area (Å²) in [7, 11) is 0. The zero-order valence-corrected chi connectivity index (χ0v) is 12.7. The first-order valence-corrected chi connectivity index (χ1v) is 7.09. The van der Waals surface area contributed by atoms with Crippen molar-refractivity contribution in [2.75, 3.05) is 23.8 Å². The monoisotopic (exact) mass is 350 g/mol. The van der Waals surface area contributed by atoms with Gasteiger partial charge in [-0.05, 0) is 30.3 Å². The highest BCUT2D eigenvalue weighted by atomic mass is 79.9. The van der Waals surface area contributed by atoms with Crippen molar-refractivity contribution >= 4 is 33.2 Å². The lowest BCUT2D eigenvalue weighted by molar-refractivity contribution is 0.0978. The van der Waals surface area contributed by atoms with Crippen molar-refractivity contribution < 1.29 is 15.0 Å². The third kappa shape index (κ3) is 3.34. The van der Waals surface area contributed by atoms with Gasteiger partial charge in [0.25, 0.3) is 5.91 Å². The van der Waals surface area contributed by atoms with Crippen LogP contribution in [-0.4, -0.2) is 29.3 Å². The lowest BCUT2D eigenvalue weighted by atomic mass is 10.1. The predicted molar refractivity (Wildman–Crippen MR) is 85.4 cm³/mol. The fourth-order valence-electron chi connectivity index (χ4n) is 2.00. The van der Waals surface area contributed by atoms with Crippen molar-refractivity contribution in [3.63, 3.8) is 0 Å². The van der Waals surface area contributed by atoms with Gasteiger partial charge >= 0.3 is 0 Å². The van der Waals surface area contributed by atoms with E-state index < -0.39 is 5.91 Å². The third-order valence-corrected chi connectivity index (χ3v) is 3.48. The van der Waals surface area contributed by atoms with Crippen LogP contribution in [0.1, 0.15) is 10.4 Å². The van der Waals surface area contributed by atoms with Crippen molar-refractivity contribution in [3.05, 3.63) is 52.5 Å². The highest BCUT2D eigenvalue weighted by Gasteiger charge is 2.21. The molecule has 1 amide bonds. The number of phenolic OH excluding ortho intramolecular Hbond substituents is 1. The van der Waals surface area contributed by atoms with Crippen LogP contribution in [0, 0.1) is 0 Å². The van der Waals surface area contributed by atoms with E-state index in [2.05, 4.69) is 15.9 Å². The van der Waals surface area contributed by atoms with Crippen LogP contribution in [0.25, 0.3) is 0 Å². The zero-order valence-electron chi connectivity index (χ0n) is 11.2. The van der Waals surface area contributed by atoms with Crippen LogP contribution in [0.3, 0.4) is 0 Å². The van der Waals surface area contributed by atoms with E-state index in [0.29, 0.717) is 15.8 Å². The smallest absolute Gasteiger partial charge is 0.262 e. The second-order valence-electron chi connectivity index (χ2n) is 4.40. The Morgan fingerprint density at radius 1 is 1.24 bits per heavy atom. The SMILES string of the molecule is Nc1ccccc1N(CCO)C(=O)c1ccc(Br)cc1O. The summed E-state index contributed by atoms with van der Waals surface area (Å²) < 4.78 is 0.671. The van der Waals surface area contributed by atoms with Gasteiger partial charge in [0.15, 0.2) is 0 Å². The number of para-hydroxylation sites is 2. The van der Waals surface area contributed by atoms with Gasteiger partial charge in [-0.1, -0.05) is 28.1 Å². The molecule has 21 heavy (non-hydrogen) atoms. The Morgan fingerprint density at radius 2 is 1.95 bits per heavy atom. The molecule has 2 rings (SSSR count). The number of halogens is 1. The van der Waals surface area contributed by atoms with Crippen molar-refractivity contribution in [3.8, 4) is 5.75 Å². The van der Waals surface area contributed by atoms with Crippen LogP contribution in [-0.2, 0) is 0 Å². The minimum atomic E-state index is -0.424. The van der Waals surface area contributed by atoms with Crippen LogP contribution in [0.2, 0.25) is 0 Å². The van der Waals surface area contributed by atoms with Gasteiger partial charge in [0.2, 0.25) is 0 Å². The largest absolute Gasteiger partial charge is 0.507 e. The second-order valence-corrected chi connectivity index (χ2v) is 5.32. The summed E-state index contributed by atoms with van der Waals surface area (Å²) in [6, 6.07) is 11.5. The number of phenols is 1. The number of benzene rings is 2. The predicted octanol–water partition coefficient (Wildman–Crippen LogP) is 2.38. The number of carbonyl (C=O) groups excluding carboxylic acids is 1. The quantitative estimate of drug-likeness (QED) is 0.738. The number of carbonyl (C=O) groups is 1. The maximum absolute atomic E-state index is 12.6. The highest BCUT2D eigenvalue weighted by molar-refractivity contribution is 9.10. The van der Waals surface area contributed by atoms with Crippen LogP contribution in [0.4, 0.5) is 11.4 Å². The molecule has 110 valence electrons. The molecule has 0 atom stereocenters. The van der Waals surface area contributed by atoms with E-state index in [-0.39, 0.29) is 24.5 Å². The molecule has 0 saturated heterocycles. The minimum Gasteiger partial charge on any atom is -0.507 e. The highest BCUT2D eigenvalue weighted by Crippen LogP contribution is 2.28. The number of nitrogen functional groups attached to an aromatic ring is 1. The normalized spacial score (nSPS) is 10.4. The van der Waals surface area contributed by atoms with Gasteiger partial charge in [-0.2, -0.15) is 0 Å². The molecule has 6 heteroatoms. The first-order valence-electron chi connectivity index (χ1n) is 6.30. The molecule has 0 aliphatic rings. The molecule has 0 bridgehead atoms. The Labute approximate surface area is 130 Å². The first kappa shape index (κ1) is 15.3. The Hall–Kier alpha value is -2.05. The van der Waals surface area contributed by atoms with Gasteiger partial charge in [-0.25, -0.2) is 0 Å². The van der Waals surface area contributed by atoms with Crippen molar-refractivity contribution in [2.24, 2.45) is 0 Å². The molecule has 0 aromatic heterocycles. The van der Waals surface area contributed by atoms with E-state index >= 15 is 0 Å². The molecule has 0 radical (unpaired) electrons. The van der Waals surface area contributed by atoms with Crippen LogP contribution >= 0.6 is 15.9 Å². The second kappa shape index (κ2) is 6.60. The number of nitrogens with two attached hydrogens (primary N) is 1. The number of nitrogens with zero attached hydrogens (tertiary/aromatic N) is 1. The Balaban J connectivity index is 2.43. The van der Waals surface area contributed by atoms with Crippen molar-refractivity contribution in [1.29, 1.82) is 0 Å². The van der Waals surface area contributed by atoms with E-state index in [1.807, 2.05) is 0 Å². The van der Waals surface area contributed by atoms with Gasteiger partial charge in [0.05, 0.1) is 23.5 Å². The fraction of sp³-hybridized carbons (Fsp3) is 0.133. The molecule has 0 fully saturated rings. The number of anilines is 2. The third-order valence-electron chi connectivity index (χ3n) is 2.99. The van der Waals surface area contributed by atoms with Crippen LogP contribution < -0.4 is 10.6 Å². The van der Waals surface area contributed by atoms with Crippen molar-refractivity contribution in [2.45, 2.75) is 0 Å². The summed E-state index contributed by atoms with van der Waals surface area (Å²) in [5.41, 5.74) is 6.96. The molecule has 0 spiro atoms. The summed E-state index contributed by atoms with van der Waals surface area (Å²) in [5.74, 6) is -0.557. The van der Waals surface area contributed by atoms with E-state index in [9.17, 15) is 15.0 Å². The Bertz CT molecular complexity index is 661. The number of amides is 1. The van der Waals surface area contributed by atoms with Gasteiger partial charge in [0, 0.05) is 11.0 Å². The molecule has 4 N–H and O–H groups in total. The van der Waals surface area contributed by atoms with Gasteiger partial charge in [-0.15, -0.1) is 0 Å².